The Hall–Kier alpha value is -1.81. The molecule has 2 rings (SSSR count). The summed E-state index contributed by atoms with van der Waals surface area (Å²) >= 11 is 1.62. The largest absolute Gasteiger partial charge is 0.478 e. The molecule has 1 heterocycles. The van der Waals surface area contributed by atoms with E-state index in [2.05, 4.69) is 4.98 Å². The van der Waals surface area contributed by atoms with Crippen molar-refractivity contribution in [3.63, 3.8) is 0 Å². The number of nitrogens with zero attached hydrogens (tertiary/aromatic N) is 1. The highest BCUT2D eigenvalue weighted by molar-refractivity contribution is 7.98. The molecule has 0 saturated carbocycles. The molecule has 4 heteroatoms. The second-order valence-corrected chi connectivity index (χ2v) is 4.28. The molecule has 1 aromatic carbocycles. The van der Waals surface area contributed by atoms with Gasteiger partial charge in [-0.25, -0.2) is 4.79 Å². The van der Waals surface area contributed by atoms with E-state index in [4.69, 9.17) is 5.11 Å². The van der Waals surface area contributed by atoms with E-state index in [1.54, 1.807) is 17.8 Å². The van der Waals surface area contributed by atoms with Gasteiger partial charge in [-0.05, 0) is 24.5 Å². The van der Waals surface area contributed by atoms with Crippen LogP contribution in [0.2, 0.25) is 0 Å². The molecule has 1 aromatic heterocycles. The molecule has 86 valence electrons. The molecule has 0 aliphatic rings. The maximum absolute atomic E-state index is 10.9. The summed E-state index contributed by atoms with van der Waals surface area (Å²) in [5.41, 5.74) is 1.91. The number of benzene rings is 1. The van der Waals surface area contributed by atoms with E-state index in [-0.39, 0.29) is 5.56 Å². The fourth-order valence-corrected chi connectivity index (χ4v) is 2.17. The van der Waals surface area contributed by atoms with Crippen LogP contribution in [0.5, 0.6) is 0 Å². The lowest BCUT2D eigenvalue weighted by molar-refractivity contribution is 0.0697. The summed E-state index contributed by atoms with van der Waals surface area (Å²) in [7, 11) is 0. The molecule has 0 saturated heterocycles. The third-order valence-corrected chi connectivity index (χ3v) is 3.19. The predicted octanol–water partition coefficient (Wildman–Crippen LogP) is 3.17. The summed E-state index contributed by atoms with van der Waals surface area (Å²) in [6.07, 6.45) is 3.51. The standard InChI is InChI=1S/C13H11NO2S/c1-17-12-5-3-2-4-10(12)11-8-9(13(15)16)6-7-14-11/h2-8H,1H3,(H,15,16). The number of hydrogen-bond acceptors (Lipinski definition) is 3. The van der Waals surface area contributed by atoms with Crippen molar-refractivity contribution in [2.45, 2.75) is 4.90 Å². The van der Waals surface area contributed by atoms with Crippen LogP contribution in [0, 0.1) is 0 Å². The highest BCUT2D eigenvalue weighted by Gasteiger charge is 2.08. The predicted molar refractivity (Wildman–Crippen MR) is 68.4 cm³/mol. The van der Waals surface area contributed by atoms with Crippen LogP contribution >= 0.6 is 11.8 Å². The van der Waals surface area contributed by atoms with Crippen molar-refractivity contribution in [1.82, 2.24) is 4.98 Å². The number of carbonyl (C=O) groups is 1. The van der Waals surface area contributed by atoms with Gasteiger partial charge in [0.1, 0.15) is 0 Å². The topological polar surface area (TPSA) is 50.2 Å². The minimum Gasteiger partial charge on any atom is -0.478 e. The smallest absolute Gasteiger partial charge is 0.335 e. The lowest BCUT2D eigenvalue weighted by atomic mass is 10.1. The molecule has 0 radical (unpaired) electrons. The molecule has 0 bridgehead atoms. The van der Waals surface area contributed by atoms with Crippen LogP contribution in [0.4, 0.5) is 0 Å². The van der Waals surface area contributed by atoms with Crippen molar-refractivity contribution in [1.29, 1.82) is 0 Å². The van der Waals surface area contributed by atoms with Gasteiger partial charge in [-0.2, -0.15) is 0 Å². The second-order valence-electron chi connectivity index (χ2n) is 3.44. The Morgan fingerprint density at radius 3 is 2.76 bits per heavy atom. The summed E-state index contributed by atoms with van der Waals surface area (Å²) in [5, 5.41) is 8.95. The molecule has 0 unspecified atom stereocenters. The molecule has 0 amide bonds. The average Bonchev–Trinajstić information content (AvgIpc) is 2.39. The Labute approximate surface area is 104 Å². The Morgan fingerprint density at radius 1 is 1.29 bits per heavy atom. The number of thioether (sulfide) groups is 1. The monoisotopic (exact) mass is 245 g/mol. The first-order chi connectivity index (χ1) is 8.22. The first-order valence-electron chi connectivity index (χ1n) is 5.05. The number of pyridine rings is 1. The van der Waals surface area contributed by atoms with Crippen molar-refractivity contribution >= 4 is 17.7 Å². The van der Waals surface area contributed by atoms with Gasteiger partial charge < -0.3 is 5.11 Å². The van der Waals surface area contributed by atoms with Crippen LogP contribution in [0.25, 0.3) is 11.3 Å². The van der Waals surface area contributed by atoms with Crippen molar-refractivity contribution in [2.75, 3.05) is 6.26 Å². The Kier molecular flexibility index (Phi) is 3.44. The van der Waals surface area contributed by atoms with Crippen LogP contribution in [0.3, 0.4) is 0 Å². The van der Waals surface area contributed by atoms with Gasteiger partial charge in [-0.3, -0.25) is 4.98 Å². The second kappa shape index (κ2) is 5.01. The highest BCUT2D eigenvalue weighted by atomic mass is 32.2. The molecule has 0 aliphatic carbocycles. The zero-order chi connectivity index (χ0) is 12.3. The maximum Gasteiger partial charge on any atom is 0.335 e. The van der Waals surface area contributed by atoms with E-state index in [1.165, 1.54) is 12.3 Å². The van der Waals surface area contributed by atoms with E-state index < -0.39 is 5.97 Å². The van der Waals surface area contributed by atoms with Crippen LogP contribution in [-0.2, 0) is 0 Å². The van der Waals surface area contributed by atoms with Crippen LogP contribution < -0.4 is 0 Å². The van der Waals surface area contributed by atoms with E-state index >= 15 is 0 Å². The van der Waals surface area contributed by atoms with Crippen LogP contribution in [-0.4, -0.2) is 22.3 Å². The Morgan fingerprint density at radius 2 is 2.06 bits per heavy atom. The van der Waals surface area contributed by atoms with Gasteiger partial charge in [-0.15, -0.1) is 11.8 Å². The quantitative estimate of drug-likeness (QED) is 0.844. The number of carboxylic acid groups (broad SMARTS) is 1. The summed E-state index contributed by atoms with van der Waals surface area (Å²) in [6.45, 7) is 0. The lowest BCUT2D eigenvalue weighted by Gasteiger charge is -2.06. The number of rotatable bonds is 3. The van der Waals surface area contributed by atoms with Gasteiger partial charge in [-0.1, -0.05) is 18.2 Å². The normalized spacial score (nSPS) is 10.2. The fourth-order valence-electron chi connectivity index (χ4n) is 1.57. The van der Waals surface area contributed by atoms with Crippen LogP contribution in [0.1, 0.15) is 10.4 Å². The van der Waals surface area contributed by atoms with Crippen LogP contribution in [0.15, 0.2) is 47.5 Å². The molecule has 0 fully saturated rings. The summed E-state index contributed by atoms with van der Waals surface area (Å²) in [6, 6.07) is 10.9. The zero-order valence-electron chi connectivity index (χ0n) is 9.25. The first kappa shape index (κ1) is 11.7. The minimum atomic E-state index is -0.935. The summed E-state index contributed by atoms with van der Waals surface area (Å²) in [4.78, 5) is 16.2. The zero-order valence-corrected chi connectivity index (χ0v) is 10.1. The van der Waals surface area contributed by atoms with Crippen molar-refractivity contribution in [3.05, 3.63) is 48.2 Å². The molecule has 0 spiro atoms. The molecule has 0 atom stereocenters. The maximum atomic E-state index is 10.9. The molecular weight excluding hydrogens is 234 g/mol. The van der Waals surface area contributed by atoms with Gasteiger partial charge in [0, 0.05) is 16.7 Å². The highest BCUT2D eigenvalue weighted by Crippen LogP contribution is 2.28. The molecule has 3 nitrogen and oxygen atoms in total. The van der Waals surface area contributed by atoms with E-state index in [9.17, 15) is 4.79 Å². The van der Waals surface area contributed by atoms with E-state index in [0.29, 0.717) is 5.69 Å². The van der Waals surface area contributed by atoms with E-state index in [0.717, 1.165) is 10.5 Å². The third kappa shape index (κ3) is 2.47. The molecular formula is C13H11NO2S. The van der Waals surface area contributed by atoms with Gasteiger partial charge >= 0.3 is 5.97 Å². The summed E-state index contributed by atoms with van der Waals surface area (Å²) in [5.74, 6) is -0.935. The van der Waals surface area contributed by atoms with Crippen molar-refractivity contribution < 1.29 is 9.90 Å². The van der Waals surface area contributed by atoms with Gasteiger partial charge in [0.2, 0.25) is 0 Å². The third-order valence-electron chi connectivity index (χ3n) is 2.39. The number of carboxylic acids is 1. The minimum absolute atomic E-state index is 0.255. The van der Waals surface area contributed by atoms with Gasteiger partial charge in [0.25, 0.3) is 0 Å². The van der Waals surface area contributed by atoms with Crippen molar-refractivity contribution in [2.24, 2.45) is 0 Å². The van der Waals surface area contributed by atoms with Gasteiger partial charge in [0.15, 0.2) is 0 Å². The Balaban J connectivity index is 2.52. The molecule has 2 aromatic rings. The van der Waals surface area contributed by atoms with Gasteiger partial charge in [0.05, 0.1) is 11.3 Å². The summed E-state index contributed by atoms with van der Waals surface area (Å²) < 4.78 is 0. The molecule has 0 aliphatic heterocycles. The fraction of sp³-hybridized carbons (Fsp3) is 0.0769. The average molecular weight is 245 g/mol. The lowest BCUT2D eigenvalue weighted by Crippen LogP contribution is -1.97. The number of hydrogen-bond donors (Lipinski definition) is 1. The Bertz CT molecular complexity index is 555. The van der Waals surface area contributed by atoms with Crippen molar-refractivity contribution in [3.8, 4) is 11.3 Å². The first-order valence-corrected chi connectivity index (χ1v) is 6.27. The molecule has 17 heavy (non-hydrogen) atoms. The molecule has 1 N–H and O–H groups in total. The number of aromatic carboxylic acids is 1. The number of aromatic nitrogens is 1. The SMILES string of the molecule is CSc1ccccc1-c1cc(C(=O)O)ccn1. The van der Waals surface area contributed by atoms with E-state index in [1.807, 2.05) is 30.5 Å².